The molecule has 1 saturated carbocycles. The fourth-order valence-electron chi connectivity index (χ4n) is 6.53. The largest absolute Gasteiger partial charge is 0.511 e. The number of nitrogens with zero attached hydrogens (tertiary/aromatic N) is 1. The van der Waals surface area contributed by atoms with Crippen LogP contribution >= 0.6 is 0 Å². The molecule has 2 aromatic carbocycles. The van der Waals surface area contributed by atoms with Crippen LogP contribution in [0, 0.1) is 11.8 Å². The van der Waals surface area contributed by atoms with E-state index in [-0.39, 0.29) is 30.3 Å². The van der Waals surface area contributed by atoms with Gasteiger partial charge in [0.25, 0.3) is 0 Å². The first-order valence-electron chi connectivity index (χ1n) is 13.5. The number of carbonyl (C=O) groups is 2. The highest BCUT2D eigenvalue weighted by Crippen LogP contribution is 2.56. The molecule has 7 heteroatoms. The minimum Gasteiger partial charge on any atom is -0.457 e. The van der Waals surface area contributed by atoms with Crippen LogP contribution < -0.4 is 4.74 Å². The summed E-state index contributed by atoms with van der Waals surface area (Å²) < 4.78 is 21.7. The van der Waals surface area contributed by atoms with Crippen LogP contribution in [-0.4, -0.2) is 43.1 Å². The Balaban J connectivity index is 1.28. The van der Waals surface area contributed by atoms with E-state index in [0.717, 1.165) is 31.2 Å². The molecule has 3 aliphatic rings. The van der Waals surface area contributed by atoms with E-state index >= 15 is 0 Å². The number of amides is 1. The summed E-state index contributed by atoms with van der Waals surface area (Å²) in [5.41, 5.74) is 3.65. The zero-order valence-electron chi connectivity index (χ0n) is 21.8. The van der Waals surface area contributed by atoms with Crippen LogP contribution in [0.2, 0.25) is 0 Å². The van der Waals surface area contributed by atoms with Gasteiger partial charge in [0, 0.05) is 18.0 Å². The number of likely N-dealkylation sites (tertiary alicyclic amines) is 1. The van der Waals surface area contributed by atoms with Crippen molar-refractivity contribution in [2.75, 3.05) is 19.9 Å². The molecule has 2 bridgehead atoms. The lowest BCUT2D eigenvalue weighted by atomic mass is 9.52. The maximum absolute atomic E-state index is 13.2. The predicted octanol–water partition coefficient (Wildman–Crippen LogP) is 6.23. The molecule has 0 N–H and O–H groups in total. The maximum atomic E-state index is 13.2. The average Bonchev–Trinajstić information content (AvgIpc) is 2.91. The smallest absolute Gasteiger partial charge is 0.457 e. The van der Waals surface area contributed by atoms with Gasteiger partial charge in [0.2, 0.25) is 6.79 Å². The van der Waals surface area contributed by atoms with Crippen LogP contribution in [-0.2, 0) is 32.7 Å². The summed E-state index contributed by atoms with van der Waals surface area (Å²) >= 11 is 0. The van der Waals surface area contributed by atoms with Crippen molar-refractivity contribution in [3.63, 3.8) is 0 Å². The van der Waals surface area contributed by atoms with Crippen molar-refractivity contribution in [1.29, 1.82) is 0 Å². The van der Waals surface area contributed by atoms with Crippen LogP contribution in [0.4, 0.5) is 9.59 Å². The molecule has 1 amide bonds. The number of rotatable bonds is 7. The van der Waals surface area contributed by atoms with Crippen molar-refractivity contribution in [3.05, 3.63) is 65.2 Å². The van der Waals surface area contributed by atoms with Gasteiger partial charge in [-0.3, -0.25) is 0 Å². The van der Waals surface area contributed by atoms with Gasteiger partial charge in [-0.25, -0.2) is 9.59 Å². The fraction of sp³-hybridized carbons (Fsp3) is 0.533. The van der Waals surface area contributed by atoms with Crippen molar-refractivity contribution in [1.82, 2.24) is 4.90 Å². The van der Waals surface area contributed by atoms with Crippen LogP contribution in [0.3, 0.4) is 0 Å². The van der Waals surface area contributed by atoms with E-state index in [4.69, 9.17) is 18.9 Å². The molecule has 3 atom stereocenters. The van der Waals surface area contributed by atoms with E-state index in [2.05, 4.69) is 12.1 Å². The minimum atomic E-state index is -0.716. The molecular formula is C30H37NO6. The lowest BCUT2D eigenvalue weighted by Gasteiger charge is -2.58. The van der Waals surface area contributed by atoms with Gasteiger partial charge in [-0.05, 0) is 66.3 Å². The van der Waals surface area contributed by atoms with Crippen molar-refractivity contribution >= 4 is 12.2 Å². The molecule has 2 fully saturated rings. The number of ether oxygens (including phenoxy) is 4. The number of carbonyl (C=O) groups excluding carboxylic acids is 2. The first-order valence-corrected chi connectivity index (χ1v) is 13.5. The fourth-order valence-corrected chi connectivity index (χ4v) is 6.53. The first-order chi connectivity index (χ1) is 18.0. The highest BCUT2D eigenvalue weighted by molar-refractivity contribution is 5.69. The van der Waals surface area contributed by atoms with Gasteiger partial charge < -0.3 is 23.8 Å². The molecule has 0 radical (unpaired) electrons. The number of fused-ring (bicyclic) bond motifs is 1. The van der Waals surface area contributed by atoms with Gasteiger partial charge in [-0.1, -0.05) is 63.1 Å². The van der Waals surface area contributed by atoms with Crippen molar-refractivity contribution in [3.8, 4) is 5.75 Å². The monoisotopic (exact) mass is 507 g/mol. The van der Waals surface area contributed by atoms with E-state index in [1.54, 1.807) is 0 Å². The molecule has 0 spiro atoms. The van der Waals surface area contributed by atoms with Crippen molar-refractivity contribution in [2.24, 2.45) is 11.8 Å². The topological polar surface area (TPSA) is 74.3 Å². The molecule has 0 aromatic heterocycles. The molecule has 1 aliphatic heterocycles. The summed E-state index contributed by atoms with van der Waals surface area (Å²) in [6.07, 6.45) is 5.43. The van der Waals surface area contributed by atoms with Gasteiger partial charge in [-0.2, -0.15) is 0 Å². The Morgan fingerprint density at radius 3 is 2.68 bits per heavy atom. The Bertz CT molecular complexity index is 1100. The summed E-state index contributed by atoms with van der Waals surface area (Å²) in [6.45, 7) is 5.07. The van der Waals surface area contributed by atoms with Gasteiger partial charge in [0.1, 0.15) is 12.4 Å². The van der Waals surface area contributed by atoms with Crippen LogP contribution in [0.1, 0.15) is 62.6 Å². The summed E-state index contributed by atoms with van der Waals surface area (Å²) in [5, 5.41) is 0. The summed E-state index contributed by atoms with van der Waals surface area (Å²) in [7, 11) is 0. The standard InChI is InChI=1S/C30H37NO6/c1-21(2)18-35-29(33)37-20-36-24-12-11-23-16-27-25-10-6-7-13-30(25,26(23)17-24)14-15-31(27)28(32)34-19-22-8-4-3-5-9-22/h3-5,8-9,11-12,17,21,25,27H,6-7,10,13-16,18-20H2,1-2H3/t25-,27+,30-/m1/s1. The Labute approximate surface area is 219 Å². The Hall–Kier alpha value is -3.22. The number of hydrogen-bond acceptors (Lipinski definition) is 6. The number of benzene rings is 2. The molecule has 1 heterocycles. The van der Waals surface area contributed by atoms with Gasteiger partial charge >= 0.3 is 12.2 Å². The summed E-state index contributed by atoms with van der Waals surface area (Å²) in [6, 6.07) is 16.2. The van der Waals surface area contributed by atoms with E-state index in [1.807, 2.05) is 55.1 Å². The minimum absolute atomic E-state index is 0.0448. The van der Waals surface area contributed by atoms with E-state index in [0.29, 0.717) is 31.4 Å². The predicted molar refractivity (Wildman–Crippen MR) is 138 cm³/mol. The molecule has 5 rings (SSSR count). The zero-order chi connectivity index (χ0) is 25.8. The maximum Gasteiger partial charge on any atom is 0.511 e. The SMILES string of the molecule is CC(C)COC(=O)OCOc1ccc2c(c1)[C@@]13CCCC[C@@H]1[C@H](C2)N(C(=O)OCc1ccccc1)CC3. The van der Waals surface area contributed by atoms with Gasteiger partial charge in [-0.15, -0.1) is 0 Å². The molecule has 0 unspecified atom stereocenters. The molecule has 2 aliphatic carbocycles. The van der Waals surface area contributed by atoms with E-state index in [1.165, 1.54) is 24.0 Å². The van der Waals surface area contributed by atoms with Crippen molar-refractivity contribution in [2.45, 2.75) is 70.4 Å². The van der Waals surface area contributed by atoms with Crippen LogP contribution in [0.25, 0.3) is 0 Å². The second-order valence-corrected chi connectivity index (χ2v) is 10.9. The van der Waals surface area contributed by atoms with Crippen LogP contribution in [0.5, 0.6) is 5.75 Å². The van der Waals surface area contributed by atoms with Gasteiger partial charge in [0.05, 0.1) is 6.61 Å². The zero-order valence-corrected chi connectivity index (χ0v) is 21.8. The molecule has 1 saturated heterocycles. The quantitative estimate of drug-likeness (QED) is 0.327. The third-order valence-corrected chi connectivity index (χ3v) is 8.18. The van der Waals surface area contributed by atoms with Crippen molar-refractivity contribution < 1.29 is 28.5 Å². The summed E-state index contributed by atoms with van der Waals surface area (Å²) in [4.78, 5) is 26.9. The highest BCUT2D eigenvalue weighted by atomic mass is 16.8. The molecular weight excluding hydrogens is 470 g/mol. The van der Waals surface area contributed by atoms with Crippen LogP contribution in [0.15, 0.2) is 48.5 Å². The summed E-state index contributed by atoms with van der Waals surface area (Å²) in [5.74, 6) is 1.35. The van der Waals surface area contributed by atoms with E-state index in [9.17, 15) is 9.59 Å². The second kappa shape index (κ2) is 11.0. The lowest BCUT2D eigenvalue weighted by molar-refractivity contribution is -0.0145. The third-order valence-electron chi connectivity index (χ3n) is 8.18. The lowest BCUT2D eigenvalue weighted by Crippen LogP contribution is -2.62. The molecule has 2 aromatic rings. The first kappa shape index (κ1) is 25.4. The third kappa shape index (κ3) is 5.41. The Kier molecular flexibility index (Phi) is 7.58. The Morgan fingerprint density at radius 2 is 1.86 bits per heavy atom. The second-order valence-electron chi connectivity index (χ2n) is 10.9. The normalized spacial score (nSPS) is 24.0. The van der Waals surface area contributed by atoms with Gasteiger partial charge in [0.15, 0.2) is 0 Å². The Morgan fingerprint density at radius 1 is 1.03 bits per heavy atom. The number of hydrogen-bond donors (Lipinski definition) is 0. The number of piperidine rings is 1. The van der Waals surface area contributed by atoms with E-state index < -0.39 is 6.16 Å². The molecule has 37 heavy (non-hydrogen) atoms. The molecule has 7 nitrogen and oxygen atoms in total. The highest BCUT2D eigenvalue weighted by Gasteiger charge is 2.55. The average molecular weight is 508 g/mol. The molecule has 198 valence electrons.